The van der Waals surface area contributed by atoms with Gasteiger partial charge in [0.2, 0.25) is 11.8 Å². The average Bonchev–Trinajstić information content (AvgIpc) is 3.46. The molecule has 9 nitrogen and oxygen atoms in total. The molecule has 3 N–H and O–H groups in total. The minimum atomic E-state index is -0.481. The van der Waals surface area contributed by atoms with Crippen LogP contribution in [0.25, 0.3) is 0 Å². The van der Waals surface area contributed by atoms with E-state index < -0.39 is 11.9 Å². The van der Waals surface area contributed by atoms with Crippen molar-refractivity contribution in [1.82, 2.24) is 15.5 Å². The fourth-order valence-corrected chi connectivity index (χ4v) is 2.94. The molecule has 0 radical (unpaired) electrons. The van der Waals surface area contributed by atoms with Crippen LogP contribution >= 0.6 is 0 Å². The molecule has 2 aliphatic rings. The number of urea groups is 1. The smallest absolute Gasteiger partial charge is 0.321 e. The summed E-state index contributed by atoms with van der Waals surface area (Å²) >= 11 is 0. The van der Waals surface area contributed by atoms with Gasteiger partial charge in [-0.25, -0.2) is 4.79 Å². The van der Waals surface area contributed by atoms with Crippen molar-refractivity contribution in [3.63, 3.8) is 0 Å². The fourth-order valence-electron chi connectivity index (χ4n) is 2.94. The molecule has 1 aromatic carbocycles. The second-order valence-corrected chi connectivity index (χ2v) is 7.16. The molecule has 1 saturated carbocycles. The van der Waals surface area contributed by atoms with Crippen LogP contribution in [0.5, 0.6) is 0 Å². The number of nitrogens with zero attached hydrogens (tertiary/aromatic N) is 2. The summed E-state index contributed by atoms with van der Waals surface area (Å²) in [6, 6.07) is 7.36. The molecule has 1 aliphatic carbocycles. The Labute approximate surface area is 164 Å². The Kier molecular flexibility index (Phi) is 6.83. The molecule has 0 spiro atoms. The molecule has 28 heavy (non-hydrogen) atoms. The first-order valence-corrected chi connectivity index (χ1v) is 9.51. The predicted molar refractivity (Wildman–Crippen MR) is 105 cm³/mol. The molecular formula is C19H27N5O4. The monoisotopic (exact) mass is 389 g/mol. The van der Waals surface area contributed by atoms with Gasteiger partial charge in [0.1, 0.15) is 0 Å². The lowest BCUT2D eigenvalue weighted by Crippen LogP contribution is -2.45. The van der Waals surface area contributed by atoms with E-state index in [4.69, 9.17) is 4.74 Å². The molecule has 1 saturated heterocycles. The van der Waals surface area contributed by atoms with Gasteiger partial charge in [-0.05, 0) is 44.2 Å². The maximum absolute atomic E-state index is 12.2. The summed E-state index contributed by atoms with van der Waals surface area (Å²) in [7, 11) is 1.65. The zero-order valence-electron chi connectivity index (χ0n) is 16.1. The van der Waals surface area contributed by atoms with E-state index in [0.29, 0.717) is 5.69 Å². The number of imide groups is 1. The van der Waals surface area contributed by atoms with Gasteiger partial charge in [0.25, 0.3) is 0 Å². The molecular weight excluding hydrogens is 362 g/mol. The van der Waals surface area contributed by atoms with Crippen molar-refractivity contribution in [3.05, 3.63) is 24.3 Å². The van der Waals surface area contributed by atoms with Crippen LogP contribution in [0.1, 0.15) is 12.8 Å². The lowest BCUT2D eigenvalue weighted by Gasteiger charge is -2.28. The fraction of sp³-hybridized carbons (Fsp3) is 0.526. The Morgan fingerprint density at radius 2 is 1.71 bits per heavy atom. The van der Waals surface area contributed by atoms with E-state index in [1.807, 2.05) is 24.3 Å². The number of carbonyl (C=O) groups excluding carboxylic acids is 3. The van der Waals surface area contributed by atoms with Crippen molar-refractivity contribution < 1.29 is 19.1 Å². The first-order chi connectivity index (χ1) is 13.5. The number of amides is 4. The van der Waals surface area contributed by atoms with Crippen molar-refractivity contribution in [2.24, 2.45) is 0 Å². The molecule has 0 bridgehead atoms. The lowest BCUT2D eigenvalue weighted by atomic mass is 10.2. The van der Waals surface area contributed by atoms with Crippen LogP contribution < -0.4 is 20.9 Å². The molecule has 4 amide bonds. The number of benzene rings is 1. The van der Waals surface area contributed by atoms with Crippen LogP contribution in [0.15, 0.2) is 24.3 Å². The number of anilines is 2. The predicted octanol–water partition coefficient (Wildman–Crippen LogP) is 0.382. The summed E-state index contributed by atoms with van der Waals surface area (Å²) in [5.41, 5.74) is 1.79. The minimum absolute atomic E-state index is 0.0402. The van der Waals surface area contributed by atoms with Crippen molar-refractivity contribution >= 4 is 29.2 Å². The highest BCUT2D eigenvalue weighted by atomic mass is 16.5. The zero-order chi connectivity index (χ0) is 19.9. The summed E-state index contributed by atoms with van der Waals surface area (Å²) in [5, 5.41) is 7.76. The van der Waals surface area contributed by atoms with E-state index in [1.54, 1.807) is 11.9 Å². The van der Waals surface area contributed by atoms with Gasteiger partial charge in [0, 0.05) is 30.5 Å². The van der Waals surface area contributed by atoms with Gasteiger partial charge in [-0.3, -0.25) is 19.8 Å². The second-order valence-electron chi connectivity index (χ2n) is 7.16. The van der Waals surface area contributed by atoms with E-state index in [2.05, 4.69) is 20.9 Å². The number of carbonyl (C=O) groups is 3. The maximum atomic E-state index is 12.2. The highest BCUT2D eigenvalue weighted by molar-refractivity contribution is 5.96. The third-order valence-corrected chi connectivity index (χ3v) is 4.52. The maximum Gasteiger partial charge on any atom is 0.321 e. The Morgan fingerprint density at radius 1 is 1.07 bits per heavy atom. The van der Waals surface area contributed by atoms with Gasteiger partial charge in [-0.1, -0.05) is 0 Å². The molecule has 0 unspecified atom stereocenters. The normalized spacial score (nSPS) is 16.6. The van der Waals surface area contributed by atoms with Gasteiger partial charge in [0.05, 0.1) is 26.3 Å². The molecule has 1 aromatic rings. The largest absolute Gasteiger partial charge is 0.378 e. The molecule has 2 fully saturated rings. The molecule has 0 aromatic heterocycles. The Morgan fingerprint density at radius 3 is 2.36 bits per heavy atom. The van der Waals surface area contributed by atoms with E-state index >= 15 is 0 Å². The number of likely N-dealkylation sites (N-methyl/N-ethyl adjacent to an activating group) is 1. The van der Waals surface area contributed by atoms with E-state index in [0.717, 1.165) is 44.8 Å². The lowest BCUT2D eigenvalue weighted by molar-refractivity contribution is -0.122. The Bertz CT molecular complexity index is 699. The Hall–Kier alpha value is -2.65. The quantitative estimate of drug-likeness (QED) is 0.623. The average molecular weight is 389 g/mol. The van der Waals surface area contributed by atoms with Crippen LogP contribution in [0.4, 0.5) is 16.2 Å². The summed E-state index contributed by atoms with van der Waals surface area (Å²) < 4.78 is 5.35. The molecule has 9 heteroatoms. The van der Waals surface area contributed by atoms with Crippen LogP contribution in [-0.4, -0.2) is 75.2 Å². The topological polar surface area (TPSA) is 103 Å². The number of hydrogen-bond acceptors (Lipinski definition) is 6. The molecule has 3 rings (SSSR count). The number of ether oxygens (including phenoxy) is 1. The van der Waals surface area contributed by atoms with Crippen LogP contribution in [-0.2, 0) is 14.3 Å². The molecule has 0 atom stereocenters. The second kappa shape index (κ2) is 9.52. The number of rotatable bonds is 7. The summed E-state index contributed by atoms with van der Waals surface area (Å²) in [4.78, 5) is 39.3. The van der Waals surface area contributed by atoms with Gasteiger partial charge in [-0.2, -0.15) is 0 Å². The molecule has 152 valence electrons. The molecule has 1 aliphatic heterocycles. The third-order valence-electron chi connectivity index (χ3n) is 4.52. The first-order valence-electron chi connectivity index (χ1n) is 9.51. The van der Waals surface area contributed by atoms with E-state index in [-0.39, 0.29) is 25.0 Å². The van der Waals surface area contributed by atoms with Gasteiger partial charge >= 0.3 is 6.03 Å². The molecule has 1 heterocycles. The van der Waals surface area contributed by atoms with Crippen LogP contribution in [0.2, 0.25) is 0 Å². The Balaban J connectivity index is 1.38. The number of nitrogens with one attached hydrogen (secondary N) is 3. The minimum Gasteiger partial charge on any atom is -0.378 e. The zero-order valence-corrected chi connectivity index (χ0v) is 16.1. The van der Waals surface area contributed by atoms with Crippen LogP contribution in [0, 0.1) is 0 Å². The number of morpholine rings is 1. The van der Waals surface area contributed by atoms with E-state index in [1.165, 1.54) is 0 Å². The van der Waals surface area contributed by atoms with Gasteiger partial charge in [-0.15, -0.1) is 0 Å². The summed E-state index contributed by atoms with van der Waals surface area (Å²) in [6.45, 7) is 3.17. The highest BCUT2D eigenvalue weighted by Gasteiger charge is 2.24. The van der Waals surface area contributed by atoms with Crippen LogP contribution in [0.3, 0.4) is 0 Å². The van der Waals surface area contributed by atoms with Crippen molar-refractivity contribution in [2.45, 2.75) is 18.9 Å². The standard InChI is InChI=1S/C19H27N5O4/c1-23(13-18(26)22-19(27)21-15-2-3-15)12-17(25)20-14-4-6-16(7-5-14)24-8-10-28-11-9-24/h4-7,15H,2-3,8-13H2,1H3,(H,20,25)(H2,21,22,26,27). The van der Waals surface area contributed by atoms with Crippen molar-refractivity contribution in [3.8, 4) is 0 Å². The van der Waals surface area contributed by atoms with Crippen molar-refractivity contribution in [1.29, 1.82) is 0 Å². The van der Waals surface area contributed by atoms with Gasteiger partial charge < -0.3 is 20.3 Å². The highest BCUT2D eigenvalue weighted by Crippen LogP contribution is 2.19. The SMILES string of the molecule is CN(CC(=O)NC(=O)NC1CC1)CC(=O)Nc1ccc(N2CCOCC2)cc1. The van der Waals surface area contributed by atoms with Crippen molar-refractivity contribution in [2.75, 3.05) is 56.7 Å². The third kappa shape index (κ3) is 6.50. The first kappa shape index (κ1) is 20.1. The summed E-state index contributed by atoms with van der Waals surface area (Å²) in [5.74, 6) is -0.667. The van der Waals surface area contributed by atoms with Gasteiger partial charge in [0.15, 0.2) is 0 Å². The summed E-state index contributed by atoms with van der Waals surface area (Å²) in [6.07, 6.45) is 1.91. The number of hydrogen-bond donors (Lipinski definition) is 3. The van der Waals surface area contributed by atoms with E-state index in [9.17, 15) is 14.4 Å².